The molecular formula is C13H14O2. The van der Waals surface area contributed by atoms with Crippen molar-refractivity contribution in [1.29, 1.82) is 0 Å². The van der Waals surface area contributed by atoms with Crippen molar-refractivity contribution in [3.05, 3.63) is 23.3 Å². The summed E-state index contributed by atoms with van der Waals surface area (Å²) in [5.41, 5.74) is 2.27. The summed E-state index contributed by atoms with van der Waals surface area (Å²) in [6.07, 6.45) is 10.0. The third-order valence-electron chi connectivity index (χ3n) is 4.55. The van der Waals surface area contributed by atoms with E-state index in [9.17, 15) is 4.79 Å². The minimum atomic E-state index is -0.137. The molecule has 1 heterocycles. The van der Waals surface area contributed by atoms with Gasteiger partial charge in [0, 0.05) is 17.4 Å². The Hall–Kier alpha value is -1.05. The van der Waals surface area contributed by atoms with Crippen LogP contribution in [0.2, 0.25) is 0 Å². The van der Waals surface area contributed by atoms with Crippen LogP contribution in [0.4, 0.5) is 0 Å². The first-order valence-electron chi connectivity index (χ1n) is 5.96. The van der Waals surface area contributed by atoms with Gasteiger partial charge in [-0.15, -0.1) is 0 Å². The zero-order valence-electron chi connectivity index (χ0n) is 8.66. The van der Waals surface area contributed by atoms with E-state index in [-0.39, 0.29) is 11.6 Å². The van der Waals surface area contributed by atoms with Gasteiger partial charge in [-0.3, -0.25) is 0 Å². The first kappa shape index (κ1) is 8.14. The van der Waals surface area contributed by atoms with Gasteiger partial charge in [0.25, 0.3) is 0 Å². The maximum atomic E-state index is 11.8. The van der Waals surface area contributed by atoms with Crippen molar-refractivity contribution in [2.45, 2.75) is 37.7 Å². The molecule has 1 spiro atoms. The summed E-state index contributed by atoms with van der Waals surface area (Å²) >= 11 is 0. The molecule has 2 heteroatoms. The Morgan fingerprint density at radius 2 is 2.20 bits per heavy atom. The summed E-state index contributed by atoms with van der Waals surface area (Å²) in [6.45, 7) is 0. The second kappa shape index (κ2) is 2.37. The van der Waals surface area contributed by atoms with Gasteiger partial charge in [0.2, 0.25) is 0 Å². The number of allylic oxidation sites excluding steroid dienone is 1. The molecule has 15 heavy (non-hydrogen) atoms. The van der Waals surface area contributed by atoms with Crippen LogP contribution < -0.4 is 0 Å². The van der Waals surface area contributed by atoms with Crippen LogP contribution in [0.1, 0.15) is 32.1 Å². The number of fused-ring (bicyclic) bond motifs is 4. The summed E-state index contributed by atoms with van der Waals surface area (Å²) in [5.74, 6) is 1.10. The quantitative estimate of drug-likeness (QED) is 0.445. The van der Waals surface area contributed by atoms with E-state index >= 15 is 0 Å². The highest BCUT2D eigenvalue weighted by Gasteiger charge is 2.72. The van der Waals surface area contributed by atoms with Gasteiger partial charge in [-0.05, 0) is 37.7 Å². The van der Waals surface area contributed by atoms with Crippen LogP contribution in [-0.4, -0.2) is 11.6 Å². The fourth-order valence-electron chi connectivity index (χ4n) is 3.84. The number of ether oxygens (including phenoxy) is 1. The van der Waals surface area contributed by atoms with E-state index < -0.39 is 0 Å². The van der Waals surface area contributed by atoms with E-state index in [1.807, 2.05) is 0 Å². The topological polar surface area (TPSA) is 26.3 Å². The van der Waals surface area contributed by atoms with E-state index in [0.29, 0.717) is 11.8 Å². The molecular weight excluding hydrogens is 188 g/mol. The minimum Gasteiger partial charge on any atom is -0.450 e. The van der Waals surface area contributed by atoms with Crippen LogP contribution in [0.3, 0.4) is 0 Å². The molecule has 3 atom stereocenters. The molecule has 1 fully saturated rings. The Balaban J connectivity index is 1.82. The van der Waals surface area contributed by atoms with Gasteiger partial charge in [0.05, 0.1) is 0 Å². The number of carbonyl (C=O) groups is 1. The molecule has 0 aromatic rings. The fourth-order valence-corrected chi connectivity index (χ4v) is 3.84. The highest BCUT2D eigenvalue weighted by Crippen LogP contribution is 2.67. The van der Waals surface area contributed by atoms with Crippen LogP contribution in [0, 0.1) is 11.8 Å². The average molecular weight is 202 g/mol. The number of carbonyl (C=O) groups excluding carboxylic acids is 1. The molecule has 0 bridgehead atoms. The lowest BCUT2D eigenvalue weighted by atomic mass is 9.87. The van der Waals surface area contributed by atoms with Crippen molar-refractivity contribution >= 4 is 5.97 Å². The van der Waals surface area contributed by atoms with E-state index in [2.05, 4.69) is 12.2 Å². The highest BCUT2D eigenvalue weighted by atomic mass is 16.6. The maximum Gasteiger partial charge on any atom is 0.335 e. The van der Waals surface area contributed by atoms with E-state index in [1.54, 1.807) is 0 Å². The first-order valence-corrected chi connectivity index (χ1v) is 5.96. The lowest BCUT2D eigenvalue weighted by Gasteiger charge is -2.18. The summed E-state index contributed by atoms with van der Waals surface area (Å²) in [5, 5.41) is 0. The lowest BCUT2D eigenvalue weighted by molar-refractivity contribution is -0.142. The van der Waals surface area contributed by atoms with Crippen LogP contribution in [0.5, 0.6) is 0 Å². The van der Waals surface area contributed by atoms with E-state index in [4.69, 9.17) is 4.74 Å². The second-order valence-electron chi connectivity index (χ2n) is 5.14. The summed E-state index contributed by atoms with van der Waals surface area (Å²) in [7, 11) is 0. The fraction of sp³-hybridized carbons (Fsp3) is 0.615. The largest absolute Gasteiger partial charge is 0.450 e. The van der Waals surface area contributed by atoms with Crippen LogP contribution in [0.15, 0.2) is 23.3 Å². The standard InChI is InChI=1S/C13H14O2/c14-12-8-4-1-2-5-9(8)13(15-12)10-6-3-7-11(10)13/h3,6,10-11H,1-2,4-5,7H2/t10-,11+,13+/m0/s1. The molecule has 1 aliphatic heterocycles. The Morgan fingerprint density at radius 3 is 3.00 bits per heavy atom. The van der Waals surface area contributed by atoms with Gasteiger partial charge in [0.1, 0.15) is 5.60 Å². The summed E-state index contributed by atoms with van der Waals surface area (Å²) < 4.78 is 5.71. The molecule has 4 aliphatic rings. The van der Waals surface area contributed by atoms with Crippen molar-refractivity contribution in [3.63, 3.8) is 0 Å². The van der Waals surface area contributed by atoms with E-state index in [1.165, 1.54) is 12.0 Å². The van der Waals surface area contributed by atoms with Crippen LogP contribution >= 0.6 is 0 Å². The molecule has 0 radical (unpaired) electrons. The molecule has 78 valence electrons. The third kappa shape index (κ3) is 0.768. The van der Waals surface area contributed by atoms with Gasteiger partial charge in [-0.25, -0.2) is 4.79 Å². The van der Waals surface area contributed by atoms with Crippen LogP contribution in [0.25, 0.3) is 0 Å². The van der Waals surface area contributed by atoms with Crippen molar-refractivity contribution in [2.75, 3.05) is 0 Å². The first-order chi connectivity index (χ1) is 7.34. The molecule has 1 saturated carbocycles. The third-order valence-corrected chi connectivity index (χ3v) is 4.55. The molecule has 0 aromatic heterocycles. The predicted octanol–water partition coefficient (Wildman–Crippen LogP) is 2.36. The predicted molar refractivity (Wildman–Crippen MR) is 55.1 cm³/mol. The zero-order valence-corrected chi connectivity index (χ0v) is 8.66. The van der Waals surface area contributed by atoms with Gasteiger partial charge < -0.3 is 4.74 Å². The zero-order chi connectivity index (χ0) is 10.0. The number of hydrogen-bond donors (Lipinski definition) is 0. The van der Waals surface area contributed by atoms with Crippen LogP contribution in [-0.2, 0) is 9.53 Å². The Morgan fingerprint density at radius 1 is 1.33 bits per heavy atom. The Kier molecular flexibility index (Phi) is 1.29. The molecule has 0 amide bonds. The van der Waals surface area contributed by atoms with Crippen molar-refractivity contribution in [1.82, 2.24) is 0 Å². The Labute approximate surface area is 89.0 Å². The van der Waals surface area contributed by atoms with Gasteiger partial charge in [-0.1, -0.05) is 12.2 Å². The second-order valence-corrected chi connectivity index (χ2v) is 5.14. The number of esters is 1. The molecule has 4 rings (SSSR count). The number of rotatable bonds is 0. The van der Waals surface area contributed by atoms with Gasteiger partial charge in [-0.2, -0.15) is 0 Å². The van der Waals surface area contributed by atoms with Crippen molar-refractivity contribution in [3.8, 4) is 0 Å². The van der Waals surface area contributed by atoms with Crippen molar-refractivity contribution < 1.29 is 9.53 Å². The highest BCUT2D eigenvalue weighted by molar-refractivity contribution is 5.94. The molecule has 0 N–H and O–H groups in total. The van der Waals surface area contributed by atoms with Gasteiger partial charge >= 0.3 is 5.97 Å². The monoisotopic (exact) mass is 202 g/mol. The molecule has 0 unspecified atom stereocenters. The molecule has 0 saturated heterocycles. The summed E-state index contributed by atoms with van der Waals surface area (Å²) in [4.78, 5) is 11.8. The molecule has 2 nitrogen and oxygen atoms in total. The molecule has 3 aliphatic carbocycles. The maximum absolute atomic E-state index is 11.8. The SMILES string of the molecule is O=C1O[C@@]2(C3=C1CCCC3)[C@@H]1CC=C[C@@H]12. The Bertz CT molecular complexity index is 418. The van der Waals surface area contributed by atoms with E-state index in [0.717, 1.165) is 31.3 Å². The number of hydrogen-bond acceptors (Lipinski definition) is 2. The average Bonchev–Trinajstić information content (AvgIpc) is 2.67. The van der Waals surface area contributed by atoms with Gasteiger partial charge in [0.15, 0.2) is 0 Å². The normalized spacial score (nSPS) is 45.7. The smallest absolute Gasteiger partial charge is 0.335 e. The summed E-state index contributed by atoms with van der Waals surface area (Å²) in [6, 6.07) is 0. The minimum absolute atomic E-state index is 0.00694. The lowest BCUT2D eigenvalue weighted by Crippen LogP contribution is -2.19. The van der Waals surface area contributed by atoms with Crippen molar-refractivity contribution in [2.24, 2.45) is 11.8 Å². The molecule has 0 aromatic carbocycles.